The number of carbonyl (C=O) groups is 1. The second-order valence-corrected chi connectivity index (χ2v) is 7.27. The topological polar surface area (TPSA) is 70.3 Å². The van der Waals surface area contributed by atoms with Crippen molar-refractivity contribution in [1.29, 1.82) is 0 Å². The number of thiophene rings is 1. The molecule has 0 saturated heterocycles. The summed E-state index contributed by atoms with van der Waals surface area (Å²) in [5.74, 6) is -1.98. The third kappa shape index (κ3) is 4.36. The fraction of sp³-hybridized carbons (Fsp3) is 0.278. The van der Waals surface area contributed by atoms with E-state index in [2.05, 4.69) is 4.74 Å². The van der Waals surface area contributed by atoms with Gasteiger partial charge in [-0.25, -0.2) is 9.59 Å². The van der Waals surface area contributed by atoms with Gasteiger partial charge in [0.15, 0.2) is 0 Å². The van der Waals surface area contributed by atoms with Crippen molar-refractivity contribution in [2.24, 2.45) is 7.05 Å². The van der Waals surface area contributed by atoms with Crippen LogP contribution in [0.2, 0.25) is 0 Å². The van der Waals surface area contributed by atoms with E-state index in [1.165, 1.54) is 7.05 Å². The zero-order valence-electron chi connectivity index (χ0n) is 15.5. The largest absolute Gasteiger partial charge is 0.439 e. The van der Waals surface area contributed by atoms with E-state index in [0.29, 0.717) is 16.9 Å². The second-order valence-electron chi connectivity index (χ2n) is 6.42. The Kier molecular flexibility index (Phi) is 5.74. The molecule has 0 bridgehead atoms. The lowest BCUT2D eigenvalue weighted by Crippen LogP contribution is -2.45. The minimum absolute atomic E-state index is 0.0955. The number of hydrogen-bond donors (Lipinski definition) is 0. The molecule has 2 heterocycles. The monoisotopic (exact) mass is 466 g/mol. The summed E-state index contributed by atoms with van der Waals surface area (Å²) in [7, 11) is 1.26. The average Bonchev–Trinajstić information content (AvgIpc) is 3.12. The number of nitrogens with zero attached hydrogens (tertiary/aromatic N) is 2. The number of esters is 1. The van der Waals surface area contributed by atoms with Crippen LogP contribution >= 0.6 is 11.3 Å². The number of halogens is 6. The van der Waals surface area contributed by atoms with E-state index < -0.39 is 46.6 Å². The van der Waals surface area contributed by atoms with E-state index in [-0.39, 0.29) is 11.4 Å². The molecule has 1 aromatic carbocycles. The highest BCUT2D eigenvalue weighted by atomic mass is 32.1. The van der Waals surface area contributed by atoms with Crippen molar-refractivity contribution in [1.82, 2.24) is 9.13 Å². The fourth-order valence-corrected chi connectivity index (χ4v) is 3.83. The predicted octanol–water partition coefficient (Wildman–Crippen LogP) is 3.46. The third-order valence-electron chi connectivity index (χ3n) is 4.28. The average molecular weight is 466 g/mol. The lowest BCUT2D eigenvalue weighted by Gasteiger charge is -2.22. The van der Waals surface area contributed by atoms with Crippen molar-refractivity contribution in [2.45, 2.75) is 25.0 Å². The molecule has 0 aliphatic carbocycles. The van der Waals surface area contributed by atoms with Gasteiger partial charge in [-0.2, -0.15) is 26.3 Å². The van der Waals surface area contributed by atoms with E-state index >= 15 is 0 Å². The molecule has 13 heteroatoms. The molecule has 31 heavy (non-hydrogen) atoms. The van der Waals surface area contributed by atoms with E-state index in [1.54, 1.807) is 30.3 Å². The first-order valence-electron chi connectivity index (χ1n) is 8.41. The standard InChI is InChI=1S/C18H12F6N2O4S/c1-25-13-11(12(27)26(16(25)29)7-9-5-3-2-4-6-9)10(8-31-13)14(28)30-15(17(19,20)21)18(22,23)24/h2-6,8,15H,7H2,1H3. The molecule has 6 nitrogen and oxygen atoms in total. The van der Waals surface area contributed by atoms with Crippen molar-refractivity contribution < 1.29 is 35.9 Å². The van der Waals surface area contributed by atoms with Crippen LogP contribution in [-0.2, 0) is 18.3 Å². The van der Waals surface area contributed by atoms with Gasteiger partial charge in [-0.05, 0) is 5.56 Å². The Morgan fingerprint density at radius 3 is 2.19 bits per heavy atom. The number of ether oxygens (including phenoxy) is 1. The van der Waals surface area contributed by atoms with Crippen LogP contribution in [0.3, 0.4) is 0 Å². The van der Waals surface area contributed by atoms with Gasteiger partial charge < -0.3 is 4.74 Å². The highest BCUT2D eigenvalue weighted by Crippen LogP contribution is 2.36. The van der Waals surface area contributed by atoms with Crippen LogP contribution < -0.4 is 11.2 Å². The molecule has 2 aromatic heterocycles. The van der Waals surface area contributed by atoms with Crippen LogP contribution in [0.5, 0.6) is 0 Å². The molecule has 0 spiro atoms. The van der Waals surface area contributed by atoms with Crippen molar-refractivity contribution in [2.75, 3.05) is 0 Å². The summed E-state index contributed by atoms with van der Waals surface area (Å²) in [6.07, 6.45) is -16.2. The normalized spacial score (nSPS) is 12.5. The molecule has 0 fully saturated rings. The Morgan fingerprint density at radius 2 is 1.65 bits per heavy atom. The molecule has 0 unspecified atom stereocenters. The van der Waals surface area contributed by atoms with Gasteiger partial charge >= 0.3 is 24.0 Å². The molecular formula is C18H12F6N2O4S. The summed E-state index contributed by atoms with van der Waals surface area (Å²) in [6.45, 7) is -0.222. The first-order valence-corrected chi connectivity index (χ1v) is 9.29. The lowest BCUT2D eigenvalue weighted by atomic mass is 10.2. The maximum atomic E-state index is 12.9. The van der Waals surface area contributed by atoms with Gasteiger partial charge in [0.2, 0.25) is 0 Å². The first-order chi connectivity index (χ1) is 14.3. The van der Waals surface area contributed by atoms with Gasteiger partial charge in [0.25, 0.3) is 11.7 Å². The van der Waals surface area contributed by atoms with Crippen molar-refractivity contribution in [3.63, 3.8) is 0 Å². The zero-order valence-corrected chi connectivity index (χ0v) is 16.3. The number of rotatable bonds is 4. The Balaban J connectivity index is 2.12. The summed E-state index contributed by atoms with van der Waals surface area (Å²) >= 11 is 0.641. The number of fused-ring (bicyclic) bond motifs is 1. The number of aryl methyl sites for hydroxylation is 1. The van der Waals surface area contributed by atoms with Gasteiger partial charge in [0, 0.05) is 12.4 Å². The second kappa shape index (κ2) is 7.87. The first kappa shape index (κ1) is 22.6. The molecular weight excluding hydrogens is 454 g/mol. The molecule has 0 saturated carbocycles. The number of alkyl halides is 6. The van der Waals surface area contributed by atoms with Gasteiger partial charge in [-0.3, -0.25) is 13.9 Å². The number of carbonyl (C=O) groups excluding carboxylic acids is 1. The highest BCUT2D eigenvalue weighted by molar-refractivity contribution is 7.17. The van der Waals surface area contributed by atoms with Gasteiger partial charge in [-0.1, -0.05) is 30.3 Å². The Morgan fingerprint density at radius 1 is 1.06 bits per heavy atom. The molecule has 0 N–H and O–H groups in total. The summed E-state index contributed by atoms with van der Waals surface area (Å²) < 4.78 is 81.8. The van der Waals surface area contributed by atoms with Crippen LogP contribution in [0.15, 0.2) is 45.3 Å². The predicted molar refractivity (Wildman–Crippen MR) is 98.2 cm³/mol. The Hall–Kier alpha value is -3.09. The number of benzene rings is 1. The Bertz CT molecular complexity index is 1230. The van der Waals surface area contributed by atoms with Crippen molar-refractivity contribution in [3.05, 3.63) is 67.7 Å². The molecule has 0 aliphatic rings. The van der Waals surface area contributed by atoms with Gasteiger partial charge in [-0.15, -0.1) is 11.3 Å². The van der Waals surface area contributed by atoms with Crippen LogP contribution in [-0.4, -0.2) is 33.6 Å². The molecule has 166 valence electrons. The summed E-state index contributed by atoms with van der Waals surface area (Å²) in [6, 6.07) is 8.20. The SMILES string of the molecule is Cn1c(=O)n(Cc2ccccc2)c(=O)c2c(C(=O)OC(C(F)(F)F)C(F)(F)F)csc21. The minimum atomic E-state index is -5.90. The van der Waals surface area contributed by atoms with Crippen LogP contribution in [0, 0.1) is 0 Å². The molecule has 0 radical (unpaired) electrons. The summed E-state index contributed by atoms with van der Waals surface area (Å²) in [4.78, 5) is 37.5. The third-order valence-corrected chi connectivity index (χ3v) is 5.33. The lowest BCUT2D eigenvalue weighted by molar-refractivity contribution is -0.307. The zero-order chi connectivity index (χ0) is 23.1. The molecule has 3 aromatic rings. The van der Waals surface area contributed by atoms with Crippen molar-refractivity contribution >= 4 is 27.5 Å². The molecule has 0 amide bonds. The Labute approximate surface area is 172 Å². The van der Waals surface area contributed by atoms with E-state index in [1.807, 2.05) is 0 Å². The minimum Gasteiger partial charge on any atom is -0.439 e. The van der Waals surface area contributed by atoms with Crippen molar-refractivity contribution in [3.8, 4) is 0 Å². The summed E-state index contributed by atoms with van der Waals surface area (Å²) in [5, 5.41) is 0.376. The quantitative estimate of drug-likeness (QED) is 0.436. The maximum Gasteiger partial charge on any atom is 0.434 e. The maximum absolute atomic E-state index is 12.9. The van der Waals surface area contributed by atoms with E-state index in [0.717, 1.165) is 14.5 Å². The molecule has 0 atom stereocenters. The van der Waals surface area contributed by atoms with Crippen LogP contribution in [0.4, 0.5) is 26.3 Å². The van der Waals surface area contributed by atoms with Gasteiger partial charge in [0.05, 0.1) is 17.5 Å². The van der Waals surface area contributed by atoms with Crippen LogP contribution in [0.25, 0.3) is 10.2 Å². The fourth-order valence-electron chi connectivity index (χ4n) is 2.84. The molecule has 3 rings (SSSR count). The van der Waals surface area contributed by atoms with E-state index in [9.17, 15) is 40.7 Å². The van der Waals surface area contributed by atoms with Crippen LogP contribution in [0.1, 0.15) is 15.9 Å². The highest BCUT2D eigenvalue weighted by Gasteiger charge is 2.60. The van der Waals surface area contributed by atoms with E-state index in [4.69, 9.17) is 0 Å². The van der Waals surface area contributed by atoms with Gasteiger partial charge in [0.1, 0.15) is 4.83 Å². The number of hydrogen-bond acceptors (Lipinski definition) is 5. The number of aromatic nitrogens is 2. The molecule has 0 aliphatic heterocycles. The smallest absolute Gasteiger partial charge is 0.434 e. The summed E-state index contributed by atoms with van der Waals surface area (Å²) in [5.41, 5.74) is -2.06.